The van der Waals surface area contributed by atoms with E-state index in [-0.39, 0.29) is 5.41 Å². The molecular formula is C11H11BrN2O. The van der Waals surface area contributed by atoms with Gasteiger partial charge in [0.25, 0.3) is 0 Å². The SMILES string of the molecule is N#CCC1(COc2cccnc2Br)CC1. The van der Waals surface area contributed by atoms with Crippen LogP contribution in [-0.4, -0.2) is 11.6 Å². The van der Waals surface area contributed by atoms with Crippen LogP contribution in [-0.2, 0) is 0 Å². The van der Waals surface area contributed by atoms with E-state index in [2.05, 4.69) is 27.0 Å². The van der Waals surface area contributed by atoms with Gasteiger partial charge in [0.1, 0.15) is 4.60 Å². The van der Waals surface area contributed by atoms with Gasteiger partial charge in [-0.2, -0.15) is 5.26 Å². The van der Waals surface area contributed by atoms with Crippen LogP contribution < -0.4 is 4.74 Å². The van der Waals surface area contributed by atoms with Crippen molar-refractivity contribution in [2.75, 3.05) is 6.61 Å². The highest BCUT2D eigenvalue weighted by Gasteiger charge is 2.43. The van der Waals surface area contributed by atoms with Gasteiger partial charge in [-0.15, -0.1) is 0 Å². The molecule has 0 N–H and O–H groups in total. The second kappa shape index (κ2) is 4.19. The first kappa shape index (κ1) is 10.4. The smallest absolute Gasteiger partial charge is 0.152 e. The molecular weight excluding hydrogens is 256 g/mol. The Morgan fingerprint density at radius 3 is 3.00 bits per heavy atom. The van der Waals surface area contributed by atoms with E-state index in [4.69, 9.17) is 10.00 Å². The summed E-state index contributed by atoms with van der Waals surface area (Å²) in [5.74, 6) is 0.752. The zero-order chi connectivity index (χ0) is 10.7. The van der Waals surface area contributed by atoms with Crippen LogP contribution in [0.15, 0.2) is 22.9 Å². The van der Waals surface area contributed by atoms with Crippen molar-refractivity contribution in [3.05, 3.63) is 22.9 Å². The number of aromatic nitrogens is 1. The van der Waals surface area contributed by atoms with Gasteiger partial charge in [-0.05, 0) is 40.9 Å². The Bertz CT molecular complexity index is 396. The third-order valence-electron chi connectivity index (χ3n) is 2.67. The maximum absolute atomic E-state index is 8.67. The maximum atomic E-state index is 8.67. The Morgan fingerprint density at radius 2 is 2.40 bits per heavy atom. The highest BCUT2D eigenvalue weighted by molar-refractivity contribution is 9.10. The molecule has 0 radical (unpaired) electrons. The predicted molar refractivity (Wildman–Crippen MR) is 59.3 cm³/mol. The zero-order valence-corrected chi connectivity index (χ0v) is 9.83. The summed E-state index contributed by atoms with van der Waals surface area (Å²) in [7, 11) is 0. The lowest BCUT2D eigenvalue weighted by atomic mass is 10.1. The van der Waals surface area contributed by atoms with E-state index in [1.165, 1.54) is 0 Å². The Hall–Kier alpha value is -1.08. The lowest BCUT2D eigenvalue weighted by Gasteiger charge is -2.13. The molecule has 2 rings (SSSR count). The molecule has 0 saturated heterocycles. The molecule has 0 aliphatic heterocycles. The van der Waals surface area contributed by atoms with Gasteiger partial charge in [0, 0.05) is 18.0 Å². The molecule has 78 valence electrons. The topological polar surface area (TPSA) is 45.9 Å². The number of rotatable bonds is 4. The summed E-state index contributed by atoms with van der Waals surface area (Å²) < 4.78 is 6.38. The summed E-state index contributed by atoms with van der Waals surface area (Å²) in [5, 5.41) is 8.67. The molecule has 15 heavy (non-hydrogen) atoms. The molecule has 0 spiro atoms. The van der Waals surface area contributed by atoms with E-state index in [0.29, 0.717) is 13.0 Å². The summed E-state index contributed by atoms with van der Waals surface area (Å²) in [6, 6.07) is 5.93. The summed E-state index contributed by atoms with van der Waals surface area (Å²) in [5.41, 5.74) is 0.115. The predicted octanol–water partition coefficient (Wildman–Crippen LogP) is 2.92. The molecule has 0 aromatic carbocycles. The average Bonchev–Trinajstić information content (AvgIpc) is 2.98. The highest BCUT2D eigenvalue weighted by atomic mass is 79.9. The van der Waals surface area contributed by atoms with Crippen LogP contribution in [0, 0.1) is 16.7 Å². The fourth-order valence-electron chi connectivity index (χ4n) is 1.43. The fraction of sp³-hybridized carbons (Fsp3) is 0.455. The van der Waals surface area contributed by atoms with Crippen molar-refractivity contribution in [1.82, 2.24) is 4.98 Å². The number of hydrogen-bond donors (Lipinski definition) is 0. The summed E-state index contributed by atoms with van der Waals surface area (Å²) >= 11 is 3.32. The third kappa shape index (κ3) is 2.48. The van der Waals surface area contributed by atoms with Gasteiger partial charge in [0.05, 0.1) is 12.7 Å². The molecule has 1 aliphatic carbocycles. The van der Waals surface area contributed by atoms with Crippen LogP contribution in [0.2, 0.25) is 0 Å². The number of halogens is 1. The Balaban J connectivity index is 1.94. The number of ether oxygens (including phenoxy) is 1. The minimum atomic E-state index is 0.115. The summed E-state index contributed by atoms with van der Waals surface area (Å²) in [6.07, 6.45) is 4.49. The van der Waals surface area contributed by atoms with Gasteiger partial charge in [0.15, 0.2) is 5.75 Å². The van der Waals surface area contributed by atoms with E-state index < -0.39 is 0 Å². The standard InChI is InChI=1S/C11H11BrN2O/c12-10-9(2-1-7-14-10)15-8-11(3-4-11)5-6-13/h1-2,7H,3-5,8H2. The minimum absolute atomic E-state index is 0.115. The molecule has 0 unspecified atom stereocenters. The monoisotopic (exact) mass is 266 g/mol. The van der Waals surface area contributed by atoms with Crippen LogP contribution in [0.4, 0.5) is 0 Å². The van der Waals surface area contributed by atoms with Crippen molar-refractivity contribution < 1.29 is 4.74 Å². The van der Waals surface area contributed by atoms with Crippen molar-refractivity contribution in [3.63, 3.8) is 0 Å². The van der Waals surface area contributed by atoms with E-state index in [9.17, 15) is 0 Å². The third-order valence-corrected chi connectivity index (χ3v) is 3.27. The van der Waals surface area contributed by atoms with Crippen molar-refractivity contribution >= 4 is 15.9 Å². The Labute approximate surface area is 97.2 Å². The van der Waals surface area contributed by atoms with Gasteiger partial charge < -0.3 is 4.74 Å². The van der Waals surface area contributed by atoms with Crippen molar-refractivity contribution in [1.29, 1.82) is 5.26 Å². The normalized spacial score (nSPS) is 16.8. The molecule has 1 fully saturated rings. The molecule has 1 saturated carbocycles. The quantitative estimate of drug-likeness (QED) is 0.788. The number of pyridine rings is 1. The van der Waals surface area contributed by atoms with Crippen molar-refractivity contribution in [2.24, 2.45) is 5.41 Å². The van der Waals surface area contributed by atoms with Gasteiger partial charge in [-0.3, -0.25) is 0 Å². The lowest BCUT2D eigenvalue weighted by molar-refractivity contribution is 0.234. The Kier molecular flexibility index (Phi) is 2.92. The molecule has 0 amide bonds. The zero-order valence-electron chi connectivity index (χ0n) is 8.24. The molecule has 1 aliphatic rings. The molecule has 1 aromatic heterocycles. The van der Waals surface area contributed by atoms with E-state index >= 15 is 0 Å². The van der Waals surface area contributed by atoms with E-state index in [1.54, 1.807) is 6.20 Å². The molecule has 0 bridgehead atoms. The fourth-order valence-corrected chi connectivity index (χ4v) is 1.79. The first-order chi connectivity index (χ1) is 7.26. The van der Waals surface area contributed by atoms with E-state index in [0.717, 1.165) is 23.2 Å². The summed E-state index contributed by atoms with van der Waals surface area (Å²) in [4.78, 5) is 4.07. The van der Waals surface area contributed by atoms with Crippen LogP contribution in [0.5, 0.6) is 5.75 Å². The lowest BCUT2D eigenvalue weighted by Crippen LogP contribution is -2.12. The molecule has 3 nitrogen and oxygen atoms in total. The average molecular weight is 267 g/mol. The van der Waals surface area contributed by atoms with E-state index in [1.807, 2.05) is 12.1 Å². The molecule has 1 aromatic rings. The minimum Gasteiger partial charge on any atom is -0.490 e. The van der Waals surface area contributed by atoms with Crippen LogP contribution in [0.25, 0.3) is 0 Å². The highest BCUT2D eigenvalue weighted by Crippen LogP contribution is 2.48. The molecule has 4 heteroatoms. The second-order valence-corrected chi connectivity index (χ2v) is 4.67. The molecule has 1 heterocycles. The number of nitriles is 1. The first-order valence-corrected chi connectivity index (χ1v) is 5.65. The Morgan fingerprint density at radius 1 is 1.60 bits per heavy atom. The number of hydrogen-bond acceptors (Lipinski definition) is 3. The van der Waals surface area contributed by atoms with Crippen LogP contribution >= 0.6 is 15.9 Å². The first-order valence-electron chi connectivity index (χ1n) is 4.86. The maximum Gasteiger partial charge on any atom is 0.152 e. The van der Waals surface area contributed by atoms with Crippen LogP contribution in [0.3, 0.4) is 0 Å². The van der Waals surface area contributed by atoms with Crippen LogP contribution in [0.1, 0.15) is 19.3 Å². The second-order valence-electron chi connectivity index (χ2n) is 3.92. The number of nitrogens with zero attached hydrogens (tertiary/aromatic N) is 2. The van der Waals surface area contributed by atoms with Gasteiger partial charge in [-0.25, -0.2) is 4.98 Å². The van der Waals surface area contributed by atoms with Gasteiger partial charge in [-0.1, -0.05) is 0 Å². The molecule has 0 atom stereocenters. The van der Waals surface area contributed by atoms with Crippen molar-refractivity contribution in [2.45, 2.75) is 19.3 Å². The van der Waals surface area contributed by atoms with Gasteiger partial charge in [0.2, 0.25) is 0 Å². The van der Waals surface area contributed by atoms with Crippen molar-refractivity contribution in [3.8, 4) is 11.8 Å². The van der Waals surface area contributed by atoms with Gasteiger partial charge >= 0.3 is 0 Å². The summed E-state index contributed by atoms with van der Waals surface area (Å²) in [6.45, 7) is 0.616. The largest absolute Gasteiger partial charge is 0.490 e.